The van der Waals surface area contributed by atoms with Gasteiger partial charge in [-0.1, -0.05) is 0 Å². The van der Waals surface area contributed by atoms with Gasteiger partial charge in [0, 0.05) is 24.6 Å². The third-order valence-electron chi connectivity index (χ3n) is 6.13. The highest BCUT2D eigenvalue weighted by atomic mass is 16.3. The lowest BCUT2D eigenvalue weighted by Gasteiger charge is -2.24. The third kappa shape index (κ3) is 3.66. The molecule has 1 saturated heterocycles. The van der Waals surface area contributed by atoms with E-state index in [0.717, 1.165) is 36.4 Å². The van der Waals surface area contributed by atoms with E-state index in [0.29, 0.717) is 24.5 Å². The molecule has 1 N–H and O–H groups in total. The van der Waals surface area contributed by atoms with Gasteiger partial charge < -0.3 is 18.9 Å². The van der Waals surface area contributed by atoms with Crippen molar-refractivity contribution in [3.63, 3.8) is 0 Å². The van der Waals surface area contributed by atoms with Gasteiger partial charge in [0.1, 0.15) is 17.6 Å². The molecule has 4 heterocycles. The van der Waals surface area contributed by atoms with Crippen LogP contribution in [0.1, 0.15) is 47.2 Å². The Morgan fingerprint density at radius 2 is 2.17 bits per heavy atom. The van der Waals surface area contributed by atoms with Crippen LogP contribution < -0.4 is 5.32 Å². The van der Waals surface area contributed by atoms with E-state index >= 15 is 0 Å². The smallest absolute Gasteiger partial charge is 0.239 e. The predicted octanol–water partition coefficient (Wildman–Crippen LogP) is 3.73. The number of hydrogen-bond donors (Lipinski definition) is 1. The lowest BCUT2D eigenvalue weighted by molar-refractivity contribution is -0.117. The maximum Gasteiger partial charge on any atom is 0.239 e. The van der Waals surface area contributed by atoms with E-state index < -0.39 is 0 Å². The number of nitrogens with one attached hydrogen (secondary N) is 1. The van der Waals surface area contributed by atoms with E-state index in [1.165, 1.54) is 5.69 Å². The third-order valence-corrected chi connectivity index (χ3v) is 6.13. The summed E-state index contributed by atoms with van der Waals surface area (Å²) in [6.45, 7) is 5.52. The molecule has 0 saturated carbocycles. The molecule has 4 rings (SSSR count). The molecule has 0 radical (unpaired) electrons. The zero-order chi connectivity index (χ0) is 21.3. The molecule has 156 valence electrons. The number of nitrogens with zero attached hydrogens (tertiary/aromatic N) is 4. The number of aromatic nitrogens is 2. The first-order chi connectivity index (χ1) is 14.5. The Hall–Kier alpha value is -3.24. The summed E-state index contributed by atoms with van der Waals surface area (Å²) in [6.07, 6.45) is 5.78. The van der Waals surface area contributed by atoms with Crippen LogP contribution in [0.5, 0.6) is 0 Å². The number of hydrogen-bond acceptors (Lipinski definition) is 4. The van der Waals surface area contributed by atoms with Gasteiger partial charge in [-0.2, -0.15) is 5.26 Å². The standard InChI is InChI=1S/C23H27N5O2/c1-16-17(2)28(14-18-7-6-12-30-18)23(19(16)13-24)25-22(29)15-27-11-5-9-21(27)20-8-4-10-26(20)3/h4,6-8,10,12,21H,5,9,11,14-15H2,1-3H3,(H,25,29)/t21-/m0/s1. The van der Waals surface area contributed by atoms with Crippen LogP contribution in [0.2, 0.25) is 0 Å². The Balaban J connectivity index is 1.55. The molecule has 7 heteroatoms. The van der Waals surface area contributed by atoms with Crippen molar-refractivity contribution >= 4 is 11.7 Å². The molecule has 0 aliphatic carbocycles. The van der Waals surface area contributed by atoms with Crippen LogP contribution in [0.4, 0.5) is 5.82 Å². The fourth-order valence-corrected chi connectivity index (χ4v) is 4.41. The minimum Gasteiger partial charge on any atom is -0.467 e. The molecule has 1 aliphatic rings. The van der Waals surface area contributed by atoms with E-state index in [1.54, 1.807) is 6.26 Å². The summed E-state index contributed by atoms with van der Waals surface area (Å²) < 4.78 is 9.55. The fourth-order valence-electron chi connectivity index (χ4n) is 4.41. The fraction of sp³-hybridized carbons (Fsp3) is 0.391. The van der Waals surface area contributed by atoms with E-state index in [4.69, 9.17) is 4.42 Å². The van der Waals surface area contributed by atoms with Gasteiger partial charge in [0.05, 0.1) is 31.0 Å². The molecule has 0 unspecified atom stereocenters. The number of rotatable bonds is 6. The van der Waals surface area contributed by atoms with Crippen molar-refractivity contribution in [1.82, 2.24) is 14.0 Å². The highest BCUT2D eigenvalue weighted by molar-refractivity contribution is 5.93. The van der Waals surface area contributed by atoms with Crippen molar-refractivity contribution in [3.8, 4) is 6.07 Å². The molecule has 3 aromatic heterocycles. The normalized spacial score (nSPS) is 16.7. The Morgan fingerprint density at radius 1 is 1.33 bits per heavy atom. The van der Waals surface area contributed by atoms with Gasteiger partial charge in [-0.3, -0.25) is 9.69 Å². The van der Waals surface area contributed by atoms with Crippen molar-refractivity contribution in [3.05, 3.63) is 65.0 Å². The summed E-state index contributed by atoms with van der Waals surface area (Å²) in [5.74, 6) is 1.21. The number of likely N-dealkylation sites (tertiary alicyclic amines) is 1. The maximum atomic E-state index is 13.0. The summed E-state index contributed by atoms with van der Waals surface area (Å²) in [5, 5.41) is 12.7. The van der Waals surface area contributed by atoms with E-state index in [9.17, 15) is 10.1 Å². The van der Waals surface area contributed by atoms with Crippen molar-refractivity contribution in [2.45, 2.75) is 39.3 Å². The minimum atomic E-state index is -0.106. The Morgan fingerprint density at radius 3 is 2.83 bits per heavy atom. The van der Waals surface area contributed by atoms with Gasteiger partial charge in [-0.05, 0) is 63.1 Å². The molecule has 7 nitrogen and oxygen atoms in total. The quantitative estimate of drug-likeness (QED) is 0.678. The maximum absolute atomic E-state index is 13.0. The Kier molecular flexibility index (Phi) is 5.51. The van der Waals surface area contributed by atoms with Gasteiger partial charge in [0.15, 0.2) is 0 Å². The first-order valence-corrected chi connectivity index (χ1v) is 10.3. The van der Waals surface area contributed by atoms with Crippen molar-refractivity contribution in [1.29, 1.82) is 5.26 Å². The predicted molar refractivity (Wildman–Crippen MR) is 114 cm³/mol. The zero-order valence-corrected chi connectivity index (χ0v) is 17.7. The van der Waals surface area contributed by atoms with Gasteiger partial charge in [0.2, 0.25) is 5.91 Å². The van der Waals surface area contributed by atoms with Crippen LogP contribution in [0.25, 0.3) is 0 Å². The van der Waals surface area contributed by atoms with Crippen molar-refractivity contribution in [2.75, 3.05) is 18.4 Å². The number of furan rings is 1. The number of amides is 1. The molecular formula is C23H27N5O2. The number of aryl methyl sites for hydroxylation is 1. The largest absolute Gasteiger partial charge is 0.467 e. The van der Waals surface area contributed by atoms with Crippen molar-refractivity contribution in [2.24, 2.45) is 7.05 Å². The second kappa shape index (κ2) is 8.25. The molecule has 3 aromatic rings. The summed E-state index contributed by atoms with van der Waals surface area (Å²) in [4.78, 5) is 15.2. The molecule has 30 heavy (non-hydrogen) atoms. The van der Waals surface area contributed by atoms with Gasteiger partial charge in [-0.25, -0.2) is 0 Å². The zero-order valence-electron chi connectivity index (χ0n) is 17.7. The summed E-state index contributed by atoms with van der Waals surface area (Å²) >= 11 is 0. The molecule has 1 atom stereocenters. The lowest BCUT2D eigenvalue weighted by Crippen LogP contribution is -2.34. The summed E-state index contributed by atoms with van der Waals surface area (Å²) in [5.41, 5.74) is 3.56. The lowest BCUT2D eigenvalue weighted by atomic mass is 10.1. The first-order valence-electron chi connectivity index (χ1n) is 10.3. The molecule has 0 spiro atoms. The molecule has 0 aromatic carbocycles. The van der Waals surface area contributed by atoms with Crippen LogP contribution >= 0.6 is 0 Å². The number of nitriles is 1. The second-order valence-corrected chi connectivity index (χ2v) is 7.93. The van der Waals surface area contributed by atoms with Crippen LogP contribution in [0.3, 0.4) is 0 Å². The van der Waals surface area contributed by atoms with Gasteiger partial charge >= 0.3 is 0 Å². The SMILES string of the molecule is Cc1c(C#N)c(NC(=O)CN2CCC[C@H]2c2cccn2C)n(Cc2ccco2)c1C. The molecule has 0 bridgehead atoms. The molecule has 1 aliphatic heterocycles. The number of anilines is 1. The van der Waals surface area contributed by atoms with Crippen LogP contribution in [-0.4, -0.2) is 33.0 Å². The van der Waals surface area contributed by atoms with Crippen LogP contribution in [-0.2, 0) is 18.4 Å². The average molecular weight is 406 g/mol. The van der Waals surface area contributed by atoms with E-state index in [-0.39, 0.29) is 11.9 Å². The van der Waals surface area contributed by atoms with E-state index in [2.05, 4.69) is 26.9 Å². The van der Waals surface area contributed by atoms with Gasteiger partial charge in [0.25, 0.3) is 0 Å². The average Bonchev–Trinajstić information content (AvgIpc) is 3.49. The first kappa shape index (κ1) is 20.0. The Bertz CT molecular complexity index is 1080. The monoisotopic (exact) mass is 405 g/mol. The number of carbonyl (C=O) groups is 1. The minimum absolute atomic E-state index is 0.106. The van der Waals surface area contributed by atoms with E-state index in [1.807, 2.05) is 49.9 Å². The summed E-state index contributed by atoms with van der Waals surface area (Å²) in [7, 11) is 2.04. The highest BCUT2D eigenvalue weighted by Crippen LogP contribution is 2.32. The molecular weight excluding hydrogens is 378 g/mol. The van der Waals surface area contributed by atoms with Gasteiger partial charge in [-0.15, -0.1) is 0 Å². The molecule has 1 amide bonds. The van der Waals surface area contributed by atoms with Crippen LogP contribution in [0, 0.1) is 25.2 Å². The number of carbonyl (C=O) groups excluding carboxylic acids is 1. The highest BCUT2D eigenvalue weighted by Gasteiger charge is 2.30. The topological polar surface area (TPSA) is 79.1 Å². The van der Waals surface area contributed by atoms with Crippen molar-refractivity contribution < 1.29 is 9.21 Å². The second-order valence-electron chi connectivity index (χ2n) is 7.93. The van der Waals surface area contributed by atoms with Crippen LogP contribution in [0.15, 0.2) is 41.1 Å². The molecule has 1 fully saturated rings. The summed E-state index contributed by atoms with van der Waals surface area (Å²) in [6, 6.07) is 10.4. The Labute approximate surface area is 176 Å².